The van der Waals surface area contributed by atoms with Crippen LogP contribution in [-0.2, 0) is 53.1 Å². The SMILES string of the molecule is CCCCOCCOCCOCc1cc2c(cc1CCC)OCO2.[Hf]. The summed E-state index contributed by atoms with van der Waals surface area (Å²) in [5, 5.41) is 0. The van der Waals surface area contributed by atoms with Crippen molar-refractivity contribution in [1.82, 2.24) is 0 Å². The number of ether oxygens (including phenoxy) is 5. The molecular weight excluding hydrogens is 487 g/mol. The van der Waals surface area contributed by atoms with Crippen LogP contribution in [-0.4, -0.2) is 39.8 Å². The predicted molar refractivity (Wildman–Crippen MR) is 92.8 cm³/mol. The molecule has 1 aromatic carbocycles. The smallest absolute Gasteiger partial charge is 0.231 e. The van der Waals surface area contributed by atoms with Crippen LogP contribution in [0, 0.1) is 0 Å². The van der Waals surface area contributed by atoms with Crippen LogP contribution < -0.4 is 9.47 Å². The molecule has 25 heavy (non-hydrogen) atoms. The van der Waals surface area contributed by atoms with Crippen molar-refractivity contribution in [3.63, 3.8) is 0 Å². The second kappa shape index (κ2) is 13.7. The van der Waals surface area contributed by atoms with Gasteiger partial charge >= 0.3 is 0 Å². The molecule has 0 unspecified atom stereocenters. The molecular formula is C19H30HfO5. The number of unbranched alkanes of at least 4 members (excludes halogenated alkanes) is 1. The third-order valence-corrected chi connectivity index (χ3v) is 3.86. The summed E-state index contributed by atoms with van der Waals surface area (Å²) in [5.74, 6) is 1.66. The van der Waals surface area contributed by atoms with Crippen LogP contribution in [0.4, 0.5) is 0 Å². The average Bonchev–Trinajstić information content (AvgIpc) is 3.04. The van der Waals surface area contributed by atoms with Crippen LogP contribution in [0.5, 0.6) is 11.5 Å². The summed E-state index contributed by atoms with van der Waals surface area (Å²) in [6, 6.07) is 4.12. The summed E-state index contributed by atoms with van der Waals surface area (Å²) in [5.41, 5.74) is 2.44. The zero-order chi connectivity index (χ0) is 17.0. The Morgan fingerprint density at radius 1 is 0.800 bits per heavy atom. The number of hydrogen-bond acceptors (Lipinski definition) is 5. The maximum absolute atomic E-state index is 5.75. The Balaban J connectivity index is 0.00000312. The normalized spacial score (nSPS) is 12.2. The van der Waals surface area contributed by atoms with Crippen molar-refractivity contribution >= 4 is 0 Å². The molecule has 1 aliphatic heterocycles. The Labute approximate surface area is 170 Å². The van der Waals surface area contributed by atoms with Crippen molar-refractivity contribution in [3.05, 3.63) is 23.3 Å². The fourth-order valence-electron chi connectivity index (χ4n) is 2.53. The quantitative estimate of drug-likeness (QED) is 0.295. The van der Waals surface area contributed by atoms with Gasteiger partial charge in [0, 0.05) is 32.5 Å². The maximum atomic E-state index is 5.75. The molecule has 1 heterocycles. The van der Waals surface area contributed by atoms with Crippen LogP contribution in [0.2, 0.25) is 0 Å². The van der Waals surface area contributed by atoms with Crippen LogP contribution in [0.1, 0.15) is 44.2 Å². The van der Waals surface area contributed by atoms with E-state index in [1.54, 1.807) is 0 Å². The Hall–Kier alpha value is -0.430. The molecule has 140 valence electrons. The Morgan fingerprint density at radius 3 is 2.04 bits per heavy atom. The number of fused-ring (bicyclic) bond motifs is 1. The first-order chi connectivity index (χ1) is 11.8. The minimum atomic E-state index is 0. The monoisotopic (exact) mass is 518 g/mol. The minimum absolute atomic E-state index is 0. The molecule has 0 N–H and O–H groups in total. The maximum Gasteiger partial charge on any atom is 0.231 e. The van der Waals surface area contributed by atoms with Crippen LogP contribution in [0.3, 0.4) is 0 Å². The topological polar surface area (TPSA) is 46.2 Å². The average molecular weight is 517 g/mol. The third-order valence-electron chi connectivity index (χ3n) is 3.86. The first kappa shape index (κ1) is 22.6. The van der Waals surface area contributed by atoms with Gasteiger partial charge in [-0.2, -0.15) is 0 Å². The summed E-state index contributed by atoms with van der Waals surface area (Å²) in [6.45, 7) is 8.47. The Morgan fingerprint density at radius 2 is 1.40 bits per heavy atom. The van der Waals surface area contributed by atoms with Gasteiger partial charge in [-0.1, -0.05) is 26.7 Å². The van der Waals surface area contributed by atoms with Crippen LogP contribution in [0.15, 0.2) is 12.1 Å². The van der Waals surface area contributed by atoms with E-state index in [4.69, 9.17) is 23.7 Å². The van der Waals surface area contributed by atoms with Gasteiger partial charge in [-0.3, -0.25) is 0 Å². The summed E-state index contributed by atoms with van der Waals surface area (Å²) < 4.78 is 27.6. The van der Waals surface area contributed by atoms with Gasteiger partial charge in [0.2, 0.25) is 6.79 Å². The van der Waals surface area contributed by atoms with Crippen molar-refractivity contribution in [2.45, 2.75) is 46.1 Å². The number of benzene rings is 1. The number of hydrogen-bond donors (Lipinski definition) is 0. The molecule has 0 radical (unpaired) electrons. The molecule has 1 aliphatic rings. The molecule has 0 aliphatic carbocycles. The van der Waals surface area contributed by atoms with Gasteiger partial charge in [0.1, 0.15) is 0 Å². The van der Waals surface area contributed by atoms with E-state index in [0.29, 0.717) is 39.8 Å². The molecule has 1 aromatic rings. The van der Waals surface area contributed by atoms with E-state index in [-0.39, 0.29) is 25.8 Å². The second-order valence-corrected chi connectivity index (χ2v) is 5.86. The summed E-state index contributed by atoms with van der Waals surface area (Å²) in [7, 11) is 0. The van der Waals surface area contributed by atoms with E-state index >= 15 is 0 Å². The van der Waals surface area contributed by atoms with E-state index < -0.39 is 0 Å². The van der Waals surface area contributed by atoms with Gasteiger partial charge in [-0.25, -0.2) is 0 Å². The van der Waals surface area contributed by atoms with Crippen molar-refractivity contribution < 1.29 is 49.5 Å². The molecule has 0 saturated heterocycles. The zero-order valence-corrected chi connectivity index (χ0v) is 19.1. The van der Waals surface area contributed by atoms with E-state index in [1.165, 1.54) is 11.1 Å². The van der Waals surface area contributed by atoms with E-state index in [2.05, 4.69) is 19.9 Å². The summed E-state index contributed by atoms with van der Waals surface area (Å²) >= 11 is 0. The standard InChI is InChI=1S/C19H30O5.Hf/c1-3-5-7-20-8-9-21-10-11-22-14-17-13-19-18(23-15-24-19)12-16(17)6-4-2;/h12-13H,3-11,14-15H2,1-2H3;. The first-order valence-electron chi connectivity index (χ1n) is 8.99. The molecule has 2 rings (SSSR count). The molecule has 0 aromatic heterocycles. The van der Waals surface area contributed by atoms with Gasteiger partial charge < -0.3 is 23.7 Å². The zero-order valence-electron chi connectivity index (χ0n) is 15.5. The predicted octanol–water partition coefficient (Wildman–Crippen LogP) is 3.72. The van der Waals surface area contributed by atoms with E-state index in [0.717, 1.165) is 43.8 Å². The van der Waals surface area contributed by atoms with Crippen LogP contribution in [0.25, 0.3) is 0 Å². The van der Waals surface area contributed by atoms with E-state index in [1.807, 2.05) is 6.07 Å². The van der Waals surface area contributed by atoms with Gasteiger partial charge in [-0.05, 0) is 36.1 Å². The van der Waals surface area contributed by atoms with Gasteiger partial charge in [0.15, 0.2) is 11.5 Å². The molecule has 0 amide bonds. The largest absolute Gasteiger partial charge is 0.454 e. The Bertz CT molecular complexity index is 481. The molecule has 0 fully saturated rings. The Kier molecular flexibility index (Phi) is 12.4. The van der Waals surface area contributed by atoms with Gasteiger partial charge in [-0.15, -0.1) is 0 Å². The third kappa shape index (κ3) is 8.20. The first-order valence-corrected chi connectivity index (χ1v) is 8.99. The van der Waals surface area contributed by atoms with Crippen LogP contribution >= 0.6 is 0 Å². The summed E-state index contributed by atoms with van der Waals surface area (Å²) in [6.07, 6.45) is 4.38. The van der Waals surface area contributed by atoms with Crippen molar-refractivity contribution in [2.24, 2.45) is 0 Å². The fourth-order valence-corrected chi connectivity index (χ4v) is 2.53. The van der Waals surface area contributed by atoms with Gasteiger partial charge in [0.25, 0.3) is 0 Å². The van der Waals surface area contributed by atoms with Crippen molar-refractivity contribution in [2.75, 3.05) is 39.8 Å². The second-order valence-electron chi connectivity index (χ2n) is 5.86. The molecule has 0 atom stereocenters. The molecule has 6 heteroatoms. The van der Waals surface area contributed by atoms with E-state index in [9.17, 15) is 0 Å². The van der Waals surface area contributed by atoms with Crippen molar-refractivity contribution in [3.8, 4) is 11.5 Å². The van der Waals surface area contributed by atoms with Gasteiger partial charge in [0.05, 0.1) is 33.0 Å². The summed E-state index contributed by atoms with van der Waals surface area (Å²) in [4.78, 5) is 0. The fraction of sp³-hybridized carbons (Fsp3) is 0.684. The van der Waals surface area contributed by atoms with Crippen molar-refractivity contribution in [1.29, 1.82) is 0 Å². The minimum Gasteiger partial charge on any atom is -0.454 e. The molecule has 0 saturated carbocycles. The molecule has 0 bridgehead atoms. The molecule has 5 nitrogen and oxygen atoms in total. The molecule has 0 spiro atoms. The number of rotatable bonds is 13. The number of aryl methyl sites for hydroxylation is 1.